The van der Waals surface area contributed by atoms with E-state index in [2.05, 4.69) is 431 Å². The van der Waals surface area contributed by atoms with Crippen LogP contribution in [0.1, 0.15) is 11.1 Å². The quantitative estimate of drug-likeness (QED) is 0.130. The van der Waals surface area contributed by atoms with Gasteiger partial charge < -0.3 is 18.3 Å². The zero-order chi connectivity index (χ0) is 74.9. The lowest BCUT2D eigenvalue weighted by Gasteiger charge is -2.12. The smallest absolute Gasteiger partial charge is 0.0548 e. The monoisotopic (exact) mass is 1470 g/mol. The average Bonchev–Trinajstić information content (AvgIpc) is 1.57. The van der Waals surface area contributed by atoms with Crippen molar-refractivity contribution in [1.29, 1.82) is 0 Å². The standard InChI is InChI=1S/C55H36N2.C54H34N2S/c1-3-13-36(14-4-1)38-18-11-20-44(30-38)56-52-24-10-9-23-47(52)49-32-40(25-27-53(49)56)41-26-28-54-50(33-41)51-34-43-29-42-17-7-8-22-46(42)48(43)35-55(51)57(54)45-21-12-19-39(31-45)37-15-5-2-6-16-37;1-3-13-35(14-4-1)37-17-11-19-41(31-37)55-47-23-9-7-21-43(47)45-33-39(25-27-48(45)55)40-26-28-49-46(34-40)53-50(29-30-52-54(53)44-22-8-10-24-51(44)57-52)56(49)42-20-12-18-38(32-42)36-15-5-2-6-16-36/h1-28,30-35H,29H2;1-34H. The summed E-state index contributed by atoms with van der Waals surface area (Å²) >= 11 is 1.88. The summed E-state index contributed by atoms with van der Waals surface area (Å²) in [7, 11) is 0. The molecule has 23 aromatic rings. The summed E-state index contributed by atoms with van der Waals surface area (Å²) in [6.07, 6.45) is 0.965. The van der Waals surface area contributed by atoms with E-state index in [0.717, 1.165) is 23.5 Å². The Hall–Kier alpha value is -14.6. The minimum atomic E-state index is 0.965. The summed E-state index contributed by atoms with van der Waals surface area (Å²) in [4.78, 5) is 0. The summed E-state index contributed by atoms with van der Waals surface area (Å²) in [5.41, 5.74) is 34.4. The topological polar surface area (TPSA) is 19.7 Å². The van der Waals surface area contributed by atoms with Gasteiger partial charge >= 0.3 is 0 Å². The van der Waals surface area contributed by atoms with Crippen LogP contribution in [0.4, 0.5) is 0 Å². The maximum absolute atomic E-state index is 2.47. The summed E-state index contributed by atoms with van der Waals surface area (Å²) in [5.74, 6) is 0. The van der Waals surface area contributed by atoms with Gasteiger partial charge in [-0.25, -0.2) is 0 Å². The Morgan fingerprint density at radius 1 is 0.167 bits per heavy atom. The van der Waals surface area contributed by atoms with Crippen molar-refractivity contribution in [2.45, 2.75) is 6.42 Å². The minimum absolute atomic E-state index is 0.965. The van der Waals surface area contributed by atoms with Crippen molar-refractivity contribution < 1.29 is 0 Å². The van der Waals surface area contributed by atoms with Crippen LogP contribution in [-0.4, -0.2) is 18.3 Å². The van der Waals surface area contributed by atoms with E-state index in [1.807, 2.05) is 11.3 Å². The first-order valence-corrected chi connectivity index (χ1v) is 40.1. The van der Waals surface area contributed by atoms with E-state index < -0.39 is 0 Å². The summed E-state index contributed by atoms with van der Waals surface area (Å²) in [5, 5.41) is 12.8. The zero-order valence-electron chi connectivity index (χ0n) is 62.2. The Bertz CT molecular complexity index is 7800. The molecule has 1 aliphatic carbocycles. The molecule has 0 N–H and O–H groups in total. The van der Waals surface area contributed by atoms with E-state index in [-0.39, 0.29) is 0 Å². The molecule has 0 unspecified atom stereocenters. The number of hydrogen-bond donors (Lipinski definition) is 0. The van der Waals surface area contributed by atoms with Crippen molar-refractivity contribution in [3.63, 3.8) is 0 Å². The van der Waals surface area contributed by atoms with Gasteiger partial charge in [0, 0.05) is 86.0 Å². The normalized spacial score (nSPS) is 12.0. The first-order chi connectivity index (χ1) is 56.5. The second kappa shape index (κ2) is 26.6. The molecule has 18 aromatic carbocycles. The number of para-hydroxylation sites is 2. The van der Waals surface area contributed by atoms with Gasteiger partial charge in [-0.2, -0.15) is 0 Å². The van der Waals surface area contributed by atoms with Crippen molar-refractivity contribution in [1.82, 2.24) is 18.3 Å². The molecule has 4 nitrogen and oxygen atoms in total. The highest BCUT2D eigenvalue weighted by Gasteiger charge is 2.25. The fourth-order valence-corrected chi connectivity index (χ4v) is 19.7. The van der Waals surface area contributed by atoms with Gasteiger partial charge in [0.25, 0.3) is 0 Å². The van der Waals surface area contributed by atoms with Crippen LogP contribution in [0.5, 0.6) is 0 Å². The number of hydrogen-bond acceptors (Lipinski definition) is 1. The predicted molar refractivity (Wildman–Crippen MR) is 484 cm³/mol. The van der Waals surface area contributed by atoms with Gasteiger partial charge in [-0.3, -0.25) is 0 Å². The van der Waals surface area contributed by atoms with Crippen LogP contribution in [0.25, 0.3) is 208 Å². The van der Waals surface area contributed by atoms with Gasteiger partial charge in [-0.15, -0.1) is 11.3 Å². The molecule has 5 heteroatoms. The highest BCUT2D eigenvalue weighted by Crippen LogP contribution is 2.48. The number of rotatable bonds is 10. The van der Waals surface area contributed by atoms with Crippen LogP contribution in [0.15, 0.2) is 413 Å². The molecule has 24 rings (SSSR count). The third kappa shape index (κ3) is 10.7. The van der Waals surface area contributed by atoms with Crippen LogP contribution in [0.2, 0.25) is 0 Å². The van der Waals surface area contributed by atoms with E-state index in [0.29, 0.717) is 0 Å². The van der Waals surface area contributed by atoms with E-state index in [4.69, 9.17) is 0 Å². The van der Waals surface area contributed by atoms with Crippen molar-refractivity contribution in [2.24, 2.45) is 0 Å². The Morgan fingerprint density at radius 2 is 0.500 bits per heavy atom. The molecule has 0 fully saturated rings. The maximum Gasteiger partial charge on any atom is 0.0548 e. The summed E-state index contributed by atoms with van der Waals surface area (Å²) in [6, 6.07) is 152. The Labute approximate surface area is 663 Å². The fourth-order valence-electron chi connectivity index (χ4n) is 18.6. The highest BCUT2D eigenvalue weighted by molar-refractivity contribution is 7.26. The van der Waals surface area contributed by atoms with Crippen LogP contribution in [-0.2, 0) is 6.42 Å². The van der Waals surface area contributed by atoms with Gasteiger partial charge in [-0.05, 0) is 235 Å². The van der Waals surface area contributed by atoms with E-state index in [1.54, 1.807) is 0 Å². The molecule has 0 aliphatic heterocycles. The largest absolute Gasteiger partial charge is 0.309 e. The highest BCUT2D eigenvalue weighted by atomic mass is 32.1. The third-order valence-corrected chi connectivity index (χ3v) is 24.9. The first-order valence-electron chi connectivity index (χ1n) is 39.3. The molecule has 0 bridgehead atoms. The van der Waals surface area contributed by atoms with Crippen LogP contribution in [0, 0.1) is 0 Å². The second-order valence-electron chi connectivity index (χ2n) is 30.3. The molecule has 0 saturated heterocycles. The molecule has 0 radical (unpaired) electrons. The van der Waals surface area contributed by atoms with Gasteiger partial charge in [0.2, 0.25) is 0 Å². The molecule has 0 saturated carbocycles. The lowest BCUT2D eigenvalue weighted by Crippen LogP contribution is -1.95. The van der Waals surface area contributed by atoms with E-state index >= 15 is 0 Å². The summed E-state index contributed by atoms with van der Waals surface area (Å²) < 4.78 is 12.4. The molecule has 532 valence electrons. The third-order valence-electron chi connectivity index (χ3n) is 23.8. The van der Waals surface area contributed by atoms with Crippen LogP contribution in [0.3, 0.4) is 0 Å². The van der Waals surface area contributed by atoms with E-state index in [1.165, 1.54) is 202 Å². The first kappa shape index (κ1) is 65.3. The second-order valence-corrected chi connectivity index (χ2v) is 31.3. The fraction of sp³-hybridized carbons (Fsp3) is 0.00917. The van der Waals surface area contributed by atoms with Crippen molar-refractivity contribution >= 4 is 119 Å². The Kier molecular flexibility index (Phi) is 15.2. The molecule has 114 heavy (non-hydrogen) atoms. The number of thiophene rings is 1. The molecule has 1 aliphatic rings. The number of benzene rings is 18. The molecule has 5 heterocycles. The maximum atomic E-state index is 2.47. The number of aromatic nitrogens is 4. The number of nitrogens with zero attached hydrogens (tertiary/aromatic N) is 4. The molecular formula is C109H70N4S. The Balaban J connectivity index is 0.000000135. The Morgan fingerprint density at radius 3 is 0.974 bits per heavy atom. The minimum Gasteiger partial charge on any atom is -0.309 e. The molecule has 0 spiro atoms. The average molecular weight is 1470 g/mol. The van der Waals surface area contributed by atoms with Gasteiger partial charge in [0.15, 0.2) is 0 Å². The summed E-state index contributed by atoms with van der Waals surface area (Å²) in [6.45, 7) is 0. The zero-order valence-corrected chi connectivity index (χ0v) is 63.0. The van der Waals surface area contributed by atoms with Gasteiger partial charge in [-0.1, -0.05) is 273 Å². The van der Waals surface area contributed by atoms with Crippen LogP contribution >= 0.6 is 11.3 Å². The van der Waals surface area contributed by atoms with Gasteiger partial charge in [0.05, 0.1) is 44.1 Å². The van der Waals surface area contributed by atoms with Crippen LogP contribution < -0.4 is 0 Å². The van der Waals surface area contributed by atoms with Gasteiger partial charge in [0.1, 0.15) is 0 Å². The van der Waals surface area contributed by atoms with E-state index in [9.17, 15) is 0 Å². The van der Waals surface area contributed by atoms with Crippen molar-refractivity contribution in [2.75, 3.05) is 0 Å². The molecule has 0 amide bonds. The van der Waals surface area contributed by atoms with Crippen molar-refractivity contribution in [3.8, 4) is 101 Å². The SMILES string of the molecule is c1ccc(-c2cccc(-n3c4ccccc4c4cc(-c5ccc6c(c5)c5c7c(ccc5n6-c5cccc(-c6ccccc6)c5)sc5ccccc57)ccc43)c2)cc1.c1ccc(-c2cccc(-n3c4ccccc4c4cc(-c5ccc6c(c5)c5cc7c(cc5n6-c5cccc(-c6ccccc6)c5)-c5ccccc5C7)ccc43)c2)cc1. The lowest BCUT2D eigenvalue weighted by molar-refractivity contribution is 1.18. The lowest BCUT2D eigenvalue weighted by atomic mass is 9.99. The molecular weight excluding hydrogens is 1400 g/mol. The number of fused-ring (bicyclic) bond motifs is 19. The molecule has 0 atom stereocenters. The van der Waals surface area contributed by atoms with Crippen molar-refractivity contribution in [3.05, 3.63) is 424 Å². The molecule has 5 aromatic heterocycles. The predicted octanol–water partition coefficient (Wildman–Crippen LogP) is 29.7.